The molecular formula is C24H26N2O5. The van der Waals surface area contributed by atoms with E-state index in [4.69, 9.17) is 9.84 Å². The molecule has 1 atom stereocenters. The standard InChI is InChI=1S/C24H26N2O5/c1-24(2,22(29)26-12-11-15(13-26)21(27)28)25-23(30)31-14-20-18-9-5-3-7-16(18)17-8-4-6-10-19(17)20/h3-10,15,20H,11-14H2,1-2H3,(H,25,30)(H,27,28). The highest BCUT2D eigenvalue weighted by molar-refractivity contribution is 5.90. The van der Waals surface area contributed by atoms with Gasteiger partial charge in [0.2, 0.25) is 5.91 Å². The van der Waals surface area contributed by atoms with Crippen molar-refractivity contribution in [1.82, 2.24) is 10.2 Å². The number of hydrogen-bond acceptors (Lipinski definition) is 4. The van der Waals surface area contributed by atoms with Crippen molar-refractivity contribution in [2.24, 2.45) is 5.92 Å². The van der Waals surface area contributed by atoms with Crippen LogP contribution in [0, 0.1) is 5.92 Å². The van der Waals surface area contributed by atoms with Crippen LogP contribution in [0.2, 0.25) is 0 Å². The SMILES string of the molecule is CC(C)(NC(=O)OCC1c2ccccc2-c2ccccc21)C(=O)N1CCC(C(=O)O)C1. The van der Waals surface area contributed by atoms with Gasteiger partial charge in [-0.05, 0) is 42.5 Å². The van der Waals surface area contributed by atoms with Gasteiger partial charge >= 0.3 is 12.1 Å². The normalized spacial score (nSPS) is 17.7. The molecule has 1 saturated heterocycles. The Morgan fingerprint density at radius 3 is 2.19 bits per heavy atom. The Balaban J connectivity index is 1.39. The molecular weight excluding hydrogens is 396 g/mol. The number of alkyl carbamates (subject to hydrolysis) is 1. The zero-order valence-corrected chi connectivity index (χ0v) is 17.6. The number of carboxylic acids is 1. The average Bonchev–Trinajstić information content (AvgIpc) is 3.35. The molecule has 2 aromatic carbocycles. The lowest BCUT2D eigenvalue weighted by Gasteiger charge is -2.30. The second-order valence-electron chi connectivity index (χ2n) is 8.65. The topological polar surface area (TPSA) is 95.9 Å². The van der Waals surface area contributed by atoms with Crippen LogP contribution in [0.3, 0.4) is 0 Å². The van der Waals surface area contributed by atoms with E-state index < -0.39 is 23.5 Å². The Labute approximate surface area is 181 Å². The van der Waals surface area contributed by atoms with E-state index in [2.05, 4.69) is 17.4 Å². The van der Waals surface area contributed by atoms with Gasteiger partial charge in [0.1, 0.15) is 12.1 Å². The number of likely N-dealkylation sites (tertiary alicyclic amines) is 1. The van der Waals surface area contributed by atoms with Crippen LogP contribution in [0.15, 0.2) is 48.5 Å². The van der Waals surface area contributed by atoms with Crippen LogP contribution in [0.25, 0.3) is 11.1 Å². The number of hydrogen-bond donors (Lipinski definition) is 2. The van der Waals surface area contributed by atoms with Crippen molar-refractivity contribution in [3.8, 4) is 11.1 Å². The van der Waals surface area contributed by atoms with Crippen molar-refractivity contribution < 1.29 is 24.2 Å². The molecule has 31 heavy (non-hydrogen) atoms. The molecule has 2 aromatic rings. The Morgan fingerprint density at radius 1 is 1.06 bits per heavy atom. The zero-order valence-electron chi connectivity index (χ0n) is 17.6. The summed E-state index contributed by atoms with van der Waals surface area (Å²) in [5, 5.41) is 11.8. The van der Waals surface area contributed by atoms with Crippen LogP contribution in [0.4, 0.5) is 4.79 Å². The first-order chi connectivity index (χ1) is 14.8. The lowest BCUT2D eigenvalue weighted by atomic mass is 9.98. The molecule has 0 radical (unpaired) electrons. The van der Waals surface area contributed by atoms with Crippen LogP contribution >= 0.6 is 0 Å². The van der Waals surface area contributed by atoms with Crippen LogP contribution in [0.5, 0.6) is 0 Å². The molecule has 1 heterocycles. The van der Waals surface area contributed by atoms with Crippen molar-refractivity contribution in [2.45, 2.75) is 31.7 Å². The number of fused-ring (bicyclic) bond motifs is 3. The number of nitrogens with one attached hydrogen (secondary N) is 1. The summed E-state index contributed by atoms with van der Waals surface area (Å²) in [5.74, 6) is -1.84. The smallest absolute Gasteiger partial charge is 0.408 e. The van der Waals surface area contributed by atoms with E-state index in [1.807, 2.05) is 36.4 Å². The maximum Gasteiger partial charge on any atom is 0.408 e. The molecule has 0 spiro atoms. The molecule has 1 aliphatic heterocycles. The van der Waals surface area contributed by atoms with Gasteiger partial charge in [-0.25, -0.2) is 4.79 Å². The molecule has 1 aliphatic carbocycles. The van der Waals surface area contributed by atoms with Gasteiger partial charge in [-0.15, -0.1) is 0 Å². The molecule has 7 heteroatoms. The van der Waals surface area contributed by atoms with Crippen molar-refractivity contribution in [3.05, 3.63) is 59.7 Å². The van der Waals surface area contributed by atoms with E-state index in [9.17, 15) is 14.4 Å². The number of benzene rings is 2. The predicted octanol–water partition coefficient (Wildman–Crippen LogP) is 3.24. The summed E-state index contributed by atoms with van der Waals surface area (Å²) in [6.07, 6.45) is -0.253. The monoisotopic (exact) mass is 422 g/mol. The van der Waals surface area contributed by atoms with Gasteiger partial charge in [-0.2, -0.15) is 0 Å². The Morgan fingerprint density at radius 2 is 1.65 bits per heavy atom. The van der Waals surface area contributed by atoms with Gasteiger partial charge in [0, 0.05) is 19.0 Å². The highest BCUT2D eigenvalue weighted by atomic mass is 16.5. The fourth-order valence-corrected chi connectivity index (χ4v) is 4.48. The first-order valence-corrected chi connectivity index (χ1v) is 10.4. The molecule has 1 unspecified atom stereocenters. The minimum Gasteiger partial charge on any atom is -0.481 e. The lowest BCUT2D eigenvalue weighted by molar-refractivity contribution is -0.142. The van der Waals surface area contributed by atoms with E-state index in [1.54, 1.807) is 13.8 Å². The molecule has 2 amide bonds. The Kier molecular flexibility index (Phi) is 5.43. The summed E-state index contributed by atoms with van der Waals surface area (Å²) in [7, 11) is 0. The maximum absolute atomic E-state index is 12.8. The van der Waals surface area contributed by atoms with E-state index in [0.717, 1.165) is 22.3 Å². The quantitative estimate of drug-likeness (QED) is 0.771. The largest absolute Gasteiger partial charge is 0.481 e. The lowest BCUT2D eigenvalue weighted by Crippen LogP contribution is -2.55. The fourth-order valence-electron chi connectivity index (χ4n) is 4.48. The van der Waals surface area contributed by atoms with Gasteiger partial charge in [-0.3, -0.25) is 9.59 Å². The summed E-state index contributed by atoms with van der Waals surface area (Å²) in [6.45, 7) is 3.89. The van der Waals surface area contributed by atoms with E-state index >= 15 is 0 Å². The first-order valence-electron chi connectivity index (χ1n) is 10.4. The van der Waals surface area contributed by atoms with Gasteiger partial charge in [-0.1, -0.05) is 48.5 Å². The summed E-state index contributed by atoms with van der Waals surface area (Å²) in [4.78, 5) is 38.0. The Bertz CT molecular complexity index is 987. The van der Waals surface area contributed by atoms with Gasteiger partial charge < -0.3 is 20.1 Å². The number of carboxylic acid groups (broad SMARTS) is 1. The van der Waals surface area contributed by atoms with Crippen LogP contribution in [-0.4, -0.2) is 53.2 Å². The number of carbonyl (C=O) groups is 3. The summed E-state index contributed by atoms with van der Waals surface area (Å²) >= 11 is 0. The number of rotatable bonds is 5. The van der Waals surface area contributed by atoms with Crippen molar-refractivity contribution in [3.63, 3.8) is 0 Å². The van der Waals surface area contributed by atoms with Crippen molar-refractivity contribution in [1.29, 1.82) is 0 Å². The number of amides is 2. The summed E-state index contributed by atoms with van der Waals surface area (Å²) < 4.78 is 5.53. The van der Waals surface area contributed by atoms with Crippen LogP contribution in [-0.2, 0) is 14.3 Å². The predicted molar refractivity (Wildman–Crippen MR) is 115 cm³/mol. The van der Waals surface area contributed by atoms with Gasteiger partial charge in [0.25, 0.3) is 0 Å². The number of ether oxygens (including phenoxy) is 1. The van der Waals surface area contributed by atoms with Gasteiger partial charge in [0.05, 0.1) is 5.92 Å². The van der Waals surface area contributed by atoms with E-state index in [-0.39, 0.29) is 25.0 Å². The minimum atomic E-state index is -1.20. The van der Waals surface area contributed by atoms with E-state index in [0.29, 0.717) is 13.0 Å². The third-order valence-electron chi connectivity index (χ3n) is 6.12. The average molecular weight is 422 g/mol. The fraction of sp³-hybridized carbons (Fsp3) is 0.375. The number of nitrogens with zero attached hydrogens (tertiary/aromatic N) is 1. The summed E-state index contributed by atoms with van der Waals surface area (Å²) in [5.41, 5.74) is 3.32. The molecule has 0 bridgehead atoms. The first kappa shape index (κ1) is 20.9. The molecule has 0 saturated carbocycles. The highest BCUT2D eigenvalue weighted by Gasteiger charge is 2.39. The molecule has 1 fully saturated rings. The second-order valence-corrected chi connectivity index (χ2v) is 8.65. The van der Waals surface area contributed by atoms with Crippen LogP contribution in [0.1, 0.15) is 37.3 Å². The zero-order chi connectivity index (χ0) is 22.2. The third kappa shape index (κ3) is 4.00. The third-order valence-corrected chi connectivity index (χ3v) is 6.12. The molecule has 7 nitrogen and oxygen atoms in total. The van der Waals surface area contributed by atoms with Crippen molar-refractivity contribution >= 4 is 18.0 Å². The van der Waals surface area contributed by atoms with Gasteiger partial charge in [0.15, 0.2) is 0 Å². The molecule has 0 aromatic heterocycles. The van der Waals surface area contributed by atoms with E-state index in [1.165, 1.54) is 4.90 Å². The number of aliphatic carboxylic acids is 1. The molecule has 2 aliphatic rings. The molecule has 4 rings (SSSR count). The highest BCUT2D eigenvalue weighted by Crippen LogP contribution is 2.44. The Hall–Kier alpha value is -3.35. The molecule has 162 valence electrons. The van der Waals surface area contributed by atoms with Crippen LogP contribution < -0.4 is 5.32 Å². The molecule has 2 N–H and O–H groups in total. The minimum absolute atomic E-state index is 0.0631. The second kappa shape index (κ2) is 8.06. The maximum atomic E-state index is 12.8. The number of carbonyl (C=O) groups excluding carboxylic acids is 2. The van der Waals surface area contributed by atoms with Crippen molar-refractivity contribution in [2.75, 3.05) is 19.7 Å². The summed E-state index contributed by atoms with van der Waals surface area (Å²) in [6, 6.07) is 16.1.